The molecule has 1 atom stereocenters. The average Bonchev–Trinajstić information content (AvgIpc) is 2.76. The van der Waals surface area contributed by atoms with Gasteiger partial charge in [-0.05, 0) is 56.5 Å². The molecule has 29 heavy (non-hydrogen) atoms. The van der Waals surface area contributed by atoms with Gasteiger partial charge >= 0.3 is 0 Å². The Bertz CT molecular complexity index is 954. The summed E-state index contributed by atoms with van der Waals surface area (Å²) in [6.07, 6.45) is 6.55. The van der Waals surface area contributed by atoms with E-state index in [1.807, 2.05) is 29.2 Å². The van der Waals surface area contributed by atoms with Crippen LogP contribution in [0.3, 0.4) is 0 Å². The Kier molecular flexibility index (Phi) is 6.15. The van der Waals surface area contributed by atoms with Gasteiger partial charge in [-0.25, -0.2) is 0 Å². The van der Waals surface area contributed by atoms with Crippen molar-refractivity contribution in [3.05, 3.63) is 72.1 Å². The molecule has 4 rings (SSSR count). The van der Waals surface area contributed by atoms with Crippen LogP contribution in [0.4, 0.5) is 0 Å². The minimum absolute atomic E-state index is 0.0558. The highest BCUT2D eigenvalue weighted by Crippen LogP contribution is 2.21. The Hall–Kier alpha value is -2.79. The molecule has 0 saturated carbocycles. The molecule has 150 valence electrons. The van der Waals surface area contributed by atoms with Gasteiger partial charge in [0.1, 0.15) is 5.52 Å². The Morgan fingerprint density at radius 2 is 1.93 bits per heavy atom. The first-order valence-corrected chi connectivity index (χ1v) is 10.4. The van der Waals surface area contributed by atoms with Gasteiger partial charge in [0.25, 0.3) is 5.91 Å². The fourth-order valence-electron chi connectivity index (χ4n) is 4.25. The quantitative estimate of drug-likeness (QED) is 0.647. The van der Waals surface area contributed by atoms with Crippen molar-refractivity contribution in [1.29, 1.82) is 0 Å². The first-order valence-electron chi connectivity index (χ1n) is 10.4. The number of rotatable bonds is 6. The molecule has 0 bridgehead atoms. The van der Waals surface area contributed by atoms with E-state index < -0.39 is 0 Å². The zero-order valence-electron chi connectivity index (χ0n) is 17.0. The summed E-state index contributed by atoms with van der Waals surface area (Å²) in [6.45, 7) is 3.68. The monoisotopic (exact) mass is 388 g/mol. The predicted octanol–water partition coefficient (Wildman–Crippen LogP) is 3.66. The van der Waals surface area contributed by atoms with Crippen molar-refractivity contribution in [2.24, 2.45) is 5.92 Å². The summed E-state index contributed by atoms with van der Waals surface area (Å²) >= 11 is 0. The van der Waals surface area contributed by atoms with Crippen LogP contribution in [0.5, 0.6) is 0 Å². The van der Waals surface area contributed by atoms with Gasteiger partial charge in [-0.15, -0.1) is 0 Å². The summed E-state index contributed by atoms with van der Waals surface area (Å²) in [6, 6.07) is 16.1. The van der Waals surface area contributed by atoms with E-state index >= 15 is 0 Å². The summed E-state index contributed by atoms with van der Waals surface area (Å²) in [5.41, 5.74) is 3.35. The first kappa shape index (κ1) is 19.5. The normalized spacial score (nSPS) is 17.3. The third kappa shape index (κ3) is 4.80. The SMILES string of the molecule is CN1CCCC(CN(CCc2ccccc2)C(=O)c2cccc3nccnc23)C1. The largest absolute Gasteiger partial charge is 0.338 e. The van der Waals surface area contributed by atoms with Crippen LogP contribution in [0.1, 0.15) is 28.8 Å². The Morgan fingerprint density at radius 3 is 2.76 bits per heavy atom. The fraction of sp³-hybridized carbons (Fsp3) is 0.375. The molecule has 0 aliphatic carbocycles. The summed E-state index contributed by atoms with van der Waals surface area (Å²) in [5, 5.41) is 0. The number of carbonyl (C=O) groups excluding carboxylic acids is 1. The highest BCUT2D eigenvalue weighted by molar-refractivity contribution is 6.04. The van der Waals surface area contributed by atoms with Gasteiger partial charge in [0.05, 0.1) is 11.1 Å². The molecular formula is C24H28N4O. The molecular weight excluding hydrogens is 360 g/mol. The van der Waals surface area contributed by atoms with Gasteiger partial charge in [-0.2, -0.15) is 0 Å². The number of fused-ring (bicyclic) bond motifs is 1. The van der Waals surface area contributed by atoms with Gasteiger partial charge in [0.2, 0.25) is 0 Å². The Morgan fingerprint density at radius 1 is 1.10 bits per heavy atom. The van der Waals surface area contributed by atoms with E-state index in [2.05, 4.69) is 46.2 Å². The van der Waals surface area contributed by atoms with Crippen molar-refractivity contribution >= 4 is 16.9 Å². The number of hydrogen-bond donors (Lipinski definition) is 0. The zero-order chi connectivity index (χ0) is 20.1. The number of piperidine rings is 1. The lowest BCUT2D eigenvalue weighted by atomic mass is 9.97. The van der Waals surface area contributed by atoms with Crippen LogP contribution in [0.15, 0.2) is 60.9 Å². The van der Waals surface area contributed by atoms with Crippen molar-refractivity contribution in [2.75, 3.05) is 33.2 Å². The third-order valence-corrected chi connectivity index (χ3v) is 5.73. The molecule has 3 aromatic rings. The van der Waals surface area contributed by atoms with Crippen molar-refractivity contribution in [2.45, 2.75) is 19.3 Å². The van der Waals surface area contributed by atoms with Crippen LogP contribution >= 0.6 is 0 Å². The lowest BCUT2D eigenvalue weighted by Gasteiger charge is -2.34. The number of hydrogen-bond acceptors (Lipinski definition) is 4. The van der Waals surface area contributed by atoms with E-state index in [0.29, 0.717) is 23.5 Å². The van der Waals surface area contributed by atoms with E-state index in [4.69, 9.17) is 0 Å². The van der Waals surface area contributed by atoms with Gasteiger partial charge in [-0.3, -0.25) is 14.8 Å². The smallest absolute Gasteiger partial charge is 0.256 e. The van der Waals surface area contributed by atoms with Crippen LogP contribution < -0.4 is 0 Å². The molecule has 1 aromatic heterocycles. The Balaban J connectivity index is 1.58. The topological polar surface area (TPSA) is 49.3 Å². The molecule has 0 radical (unpaired) electrons. The summed E-state index contributed by atoms with van der Waals surface area (Å²) in [7, 11) is 2.17. The maximum atomic E-state index is 13.6. The average molecular weight is 389 g/mol. The molecule has 1 aliphatic heterocycles. The van der Waals surface area contributed by atoms with Gasteiger partial charge in [0, 0.05) is 32.0 Å². The van der Waals surface area contributed by atoms with E-state index in [0.717, 1.165) is 31.6 Å². The van der Waals surface area contributed by atoms with Crippen molar-refractivity contribution in [1.82, 2.24) is 19.8 Å². The van der Waals surface area contributed by atoms with E-state index in [9.17, 15) is 4.79 Å². The van der Waals surface area contributed by atoms with Crippen molar-refractivity contribution in [3.8, 4) is 0 Å². The highest BCUT2D eigenvalue weighted by atomic mass is 16.2. The number of likely N-dealkylation sites (tertiary alicyclic amines) is 1. The van der Waals surface area contributed by atoms with E-state index in [-0.39, 0.29) is 5.91 Å². The fourth-order valence-corrected chi connectivity index (χ4v) is 4.25. The van der Waals surface area contributed by atoms with E-state index in [1.165, 1.54) is 18.4 Å². The predicted molar refractivity (Wildman–Crippen MR) is 116 cm³/mol. The third-order valence-electron chi connectivity index (χ3n) is 5.73. The van der Waals surface area contributed by atoms with Gasteiger partial charge in [-0.1, -0.05) is 36.4 Å². The number of amides is 1. The number of aromatic nitrogens is 2. The van der Waals surface area contributed by atoms with Crippen LogP contribution in [0.25, 0.3) is 11.0 Å². The molecule has 5 nitrogen and oxygen atoms in total. The second-order valence-corrected chi connectivity index (χ2v) is 7.99. The van der Waals surface area contributed by atoms with Crippen molar-refractivity contribution in [3.63, 3.8) is 0 Å². The molecule has 1 aliphatic rings. The first-order chi connectivity index (χ1) is 14.2. The molecule has 5 heteroatoms. The Labute approximate surface area is 172 Å². The van der Waals surface area contributed by atoms with E-state index in [1.54, 1.807) is 12.4 Å². The van der Waals surface area contributed by atoms with Crippen molar-refractivity contribution < 1.29 is 4.79 Å². The van der Waals surface area contributed by atoms with Crippen LogP contribution in [0, 0.1) is 5.92 Å². The van der Waals surface area contributed by atoms with Crippen LogP contribution in [0.2, 0.25) is 0 Å². The molecule has 2 aromatic carbocycles. The minimum atomic E-state index is 0.0558. The molecule has 0 spiro atoms. The molecule has 1 amide bonds. The van der Waals surface area contributed by atoms with Gasteiger partial charge < -0.3 is 9.80 Å². The minimum Gasteiger partial charge on any atom is -0.338 e. The maximum Gasteiger partial charge on any atom is 0.256 e. The number of para-hydroxylation sites is 1. The van der Waals surface area contributed by atoms with Gasteiger partial charge in [0.15, 0.2) is 0 Å². The summed E-state index contributed by atoms with van der Waals surface area (Å²) in [4.78, 5) is 26.8. The second kappa shape index (κ2) is 9.14. The lowest BCUT2D eigenvalue weighted by molar-refractivity contribution is 0.0695. The summed E-state index contributed by atoms with van der Waals surface area (Å²) < 4.78 is 0. The molecule has 0 N–H and O–H groups in total. The second-order valence-electron chi connectivity index (χ2n) is 7.99. The number of carbonyl (C=O) groups is 1. The molecule has 2 heterocycles. The highest BCUT2D eigenvalue weighted by Gasteiger charge is 2.25. The number of benzene rings is 2. The molecule has 1 saturated heterocycles. The zero-order valence-corrected chi connectivity index (χ0v) is 17.0. The molecule has 1 unspecified atom stereocenters. The summed E-state index contributed by atoms with van der Waals surface area (Å²) in [5.74, 6) is 0.565. The maximum absolute atomic E-state index is 13.6. The lowest BCUT2D eigenvalue weighted by Crippen LogP contribution is -2.42. The van der Waals surface area contributed by atoms with Crippen LogP contribution in [-0.4, -0.2) is 58.9 Å². The standard InChI is InChI=1S/C24H28N4O/c1-27-15-6-9-20(17-27)18-28(16-12-19-7-3-2-4-8-19)24(29)21-10-5-11-22-23(21)26-14-13-25-22/h2-5,7-8,10-11,13-14,20H,6,9,12,15-18H2,1H3. The number of nitrogens with zero attached hydrogens (tertiary/aromatic N) is 4. The molecule has 1 fully saturated rings. The van der Waals surface area contributed by atoms with Crippen LogP contribution in [-0.2, 0) is 6.42 Å².